The number of thiazole rings is 1. The Morgan fingerprint density at radius 2 is 1.57 bits per heavy atom. The van der Waals surface area contributed by atoms with E-state index in [1.54, 1.807) is 0 Å². The van der Waals surface area contributed by atoms with Crippen molar-refractivity contribution in [1.82, 2.24) is 19.9 Å². The average Bonchev–Trinajstić information content (AvgIpc) is 3.39. The monoisotopic (exact) mass is 576 g/mol. The van der Waals surface area contributed by atoms with Crippen LogP contribution in [0.3, 0.4) is 0 Å². The summed E-state index contributed by atoms with van der Waals surface area (Å²) >= 11 is 2.98. The lowest BCUT2D eigenvalue weighted by Gasteiger charge is -2.30. The highest BCUT2D eigenvalue weighted by Gasteiger charge is 2.21. The molecule has 40 heavy (non-hydrogen) atoms. The first-order valence-electron chi connectivity index (χ1n) is 13.4. The van der Waals surface area contributed by atoms with Gasteiger partial charge in [-0.2, -0.15) is 15.0 Å². The molecule has 0 saturated carbocycles. The first-order valence-corrected chi connectivity index (χ1v) is 15.0. The largest absolute Gasteiger partial charge is 0.507 e. The number of fused-ring (bicyclic) bond motifs is 1. The number of aromatic nitrogens is 4. The molecule has 1 N–H and O–H groups in total. The number of hydrogen-bond acceptors (Lipinski definition) is 12. The first kappa shape index (κ1) is 26.4. The van der Waals surface area contributed by atoms with Crippen LogP contribution in [0.4, 0.5) is 23.3 Å². The molecular weight excluding hydrogens is 548 g/mol. The second-order valence-corrected chi connectivity index (χ2v) is 12.1. The van der Waals surface area contributed by atoms with Gasteiger partial charge in [0.05, 0.1) is 20.8 Å². The lowest BCUT2D eigenvalue weighted by atomic mass is 10.1. The maximum atomic E-state index is 11.1. The third-order valence-electron chi connectivity index (χ3n) is 6.97. The number of nitro groups is 1. The van der Waals surface area contributed by atoms with Crippen LogP contribution in [0.15, 0.2) is 50.9 Å². The summed E-state index contributed by atoms with van der Waals surface area (Å²) in [5, 5.41) is 21.8. The van der Waals surface area contributed by atoms with Gasteiger partial charge >= 0.3 is 0 Å². The molecule has 0 radical (unpaired) electrons. The number of aliphatic imine (C=N–C) groups is 1. The SMILES string of the molecule is O=[N+]([O-])c1ccc(O)c(C=Nc2ccc3nc(Sc4nc(N5CCCCC5)nc(N5CCCCC5)n4)sc3c2)c1. The van der Waals surface area contributed by atoms with E-state index in [0.29, 0.717) is 10.8 Å². The van der Waals surface area contributed by atoms with Crippen LogP contribution in [0.5, 0.6) is 5.75 Å². The van der Waals surface area contributed by atoms with E-state index in [0.717, 1.165) is 78.3 Å². The van der Waals surface area contributed by atoms with Crippen molar-refractivity contribution in [2.45, 2.75) is 48.0 Å². The summed E-state index contributed by atoms with van der Waals surface area (Å²) in [5.41, 5.74) is 1.66. The summed E-state index contributed by atoms with van der Waals surface area (Å²) in [6.07, 6.45) is 8.51. The number of nitrogens with zero attached hydrogens (tertiary/aromatic N) is 8. The number of benzene rings is 2. The van der Waals surface area contributed by atoms with E-state index in [9.17, 15) is 15.2 Å². The van der Waals surface area contributed by atoms with Crippen molar-refractivity contribution in [1.29, 1.82) is 0 Å². The predicted molar refractivity (Wildman–Crippen MR) is 158 cm³/mol. The van der Waals surface area contributed by atoms with Gasteiger partial charge in [-0.05, 0) is 74.6 Å². The molecule has 4 aromatic rings. The van der Waals surface area contributed by atoms with Crippen molar-refractivity contribution in [2.24, 2.45) is 4.99 Å². The van der Waals surface area contributed by atoms with Crippen LogP contribution in [-0.4, -0.2) is 62.4 Å². The normalized spacial score (nSPS) is 16.2. The van der Waals surface area contributed by atoms with Crippen LogP contribution in [0, 0.1) is 10.1 Å². The van der Waals surface area contributed by atoms with Crippen LogP contribution in [0.2, 0.25) is 0 Å². The number of piperidine rings is 2. The molecule has 0 bridgehead atoms. The zero-order valence-corrected chi connectivity index (χ0v) is 23.4. The van der Waals surface area contributed by atoms with E-state index in [2.05, 4.69) is 14.8 Å². The number of rotatable bonds is 7. The van der Waals surface area contributed by atoms with Crippen LogP contribution in [0.25, 0.3) is 10.2 Å². The van der Waals surface area contributed by atoms with Crippen molar-refractivity contribution in [3.05, 3.63) is 52.1 Å². The van der Waals surface area contributed by atoms with E-state index in [4.69, 9.17) is 19.9 Å². The Balaban J connectivity index is 1.25. The van der Waals surface area contributed by atoms with E-state index in [-0.39, 0.29) is 17.0 Å². The van der Waals surface area contributed by atoms with E-state index in [1.807, 2.05) is 18.2 Å². The molecule has 206 valence electrons. The number of anilines is 2. The third kappa shape index (κ3) is 5.99. The molecule has 2 aromatic heterocycles. The molecule has 2 aliphatic heterocycles. The van der Waals surface area contributed by atoms with Crippen molar-refractivity contribution in [3.63, 3.8) is 0 Å². The van der Waals surface area contributed by atoms with Crippen molar-refractivity contribution in [3.8, 4) is 5.75 Å². The van der Waals surface area contributed by atoms with Gasteiger partial charge in [0.2, 0.25) is 17.1 Å². The summed E-state index contributed by atoms with van der Waals surface area (Å²) in [7, 11) is 0. The smallest absolute Gasteiger partial charge is 0.270 e. The Bertz CT molecular complexity index is 1530. The summed E-state index contributed by atoms with van der Waals surface area (Å²) in [5.74, 6) is 1.43. The molecule has 4 heterocycles. The fourth-order valence-electron chi connectivity index (χ4n) is 4.85. The molecule has 0 unspecified atom stereocenters. The molecule has 2 saturated heterocycles. The van der Waals surface area contributed by atoms with Gasteiger partial charge in [-0.1, -0.05) is 0 Å². The van der Waals surface area contributed by atoms with Gasteiger partial charge in [0.25, 0.3) is 5.69 Å². The Morgan fingerprint density at radius 3 is 2.23 bits per heavy atom. The minimum atomic E-state index is -0.503. The second-order valence-electron chi connectivity index (χ2n) is 9.81. The van der Waals surface area contributed by atoms with Crippen molar-refractivity contribution < 1.29 is 10.0 Å². The number of aromatic hydroxyl groups is 1. The average molecular weight is 577 g/mol. The molecule has 0 aliphatic carbocycles. The van der Waals surface area contributed by atoms with Gasteiger partial charge in [0.1, 0.15) is 5.75 Å². The summed E-state index contributed by atoms with van der Waals surface area (Å²) < 4.78 is 1.77. The Kier molecular flexibility index (Phi) is 7.73. The van der Waals surface area contributed by atoms with Crippen molar-refractivity contribution >= 4 is 62.8 Å². The van der Waals surface area contributed by atoms with Crippen LogP contribution >= 0.6 is 23.1 Å². The number of nitro benzene ring substituents is 1. The Hall–Kier alpha value is -3.84. The summed E-state index contributed by atoms with van der Waals surface area (Å²) in [6.45, 7) is 3.86. The highest BCUT2D eigenvalue weighted by Crippen LogP contribution is 2.36. The topological polar surface area (TPSA) is 134 Å². The highest BCUT2D eigenvalue weighted by atomic mass is 32.2. The standard InChI is InChI=1S/C27H28N8O3S2/c36-22-10-8-20(35(37)38)15-18(22)17-28-19-7-9-21-23(16-19)39-27(29-21)40-26-31-24(33-11-3-1-4-12-33)30-25(32-26)34-13-5-2-6-14-34/h7-10,15-17,36H,1-6,11-14H2. The molecule has 0 atom stereocenters. The molecular formula is C27H28N8O3S2. The van der Waals surface area contributed by atoms with Gasteiger partial charge in [0.15, 0.2) is 4.34 Å². The molecule has 2 aromatic carbocycles. The lowest BCUT2D eigenvalue weighted by Crippen LogP contribution is -2.34. The zero-order chi connectivity index (χ0) is 27.5. The number of non-ortho nitro benzene ring substituents is 1. The zero-order valence-electron chi connectivity index (χ0n) is 21.8. The molecule has 0 spiro atoms. The quantitative estimate of drug-likeness (QED) is 0.159. The van der Waals surface area contributed by atoms with Crippen molar-refractivity contribution in [2.75, 3.05) is 36.0 Å². The molecule has 6 rings (SSSR count). The highest BCUT2D eigenvalue weighted by molar-refractivity contribution is 8.01. The predicted octanol–water partition coefficient (Wildman–Crippen LogP) is 5.98. The summed E-state index contributed by atoms with van der Waals surface area (Å²) in [4.78, 5) is 38.9. The molecule has 13 heteroatoms. The van der Waals surface area contributed by atoms with E-state index < -0.39 is 4.92 Å². The van der Waals surface area contributed by atoms with Gasteiger partial charge < -0.3 is 14.9 Å². The first-order chi connectivity index (χ1) is 19.5. The third-order valence-corrected chi connectivity index (χ3v) is 8.92. The molecule has 2 fully saturated rings. The molecule has 2 aliphatic rings. The number of hydrogen-bond donors (Lipinski definition) is 1. The number of phenols is 1. The minimum absolute atomic E-state index is 0.0721. The summed E-state index contributed by atoms with van der Waals surface area (Å²) in [6, 6.07) is 9.48. The van der Waals surface area contributed by atoms with E-state index in [1.165, 1.54) is 60.4 Å². The van der Waals surface area contributed by atoms with Crippen LogP contribution in [0.1, 0.15) is 44.1 Å². The lowest BCUT2D eigenvalue weighted by molar-refractivity contribution is -0.384. The maximum Gasteiger partial charge on any atom is 0.270 e. The molecule has 0 amide bonds. The van der Waals surface area contributed by atoms with Crippen LogP contribution in [-0.2, 0) is 0 Å². The fourth-order valence-corrected chi connectivity index (χ4v) is 6.79. The van der Waals surface area contributed by atoms with Gasteiger partial charge in [0, 0.05) is 50.1 Å². The minimum Gasteiger partial charge on any atom is -0.507 e. The fraction of sp³-hybridized carbons (Fsp3) is 0.370. The Labute approximate surface area is 239 Å². The number of phenolic OH excluding ortho intramolecular Hbond substituents is 1. The van der Waals surface area contributed by atoms with Crippen LogP contribution < -0.4 is 9.80 Å². The molecule has 11 nitrogen and oxygen atoms in total. The van der Waals surface area contributed by atoms with Gasteiger partial charge in [-0.25, -0.2) is 4.98 Å². The second kappa shape index (κ2) is 11.7. The van der Waals surface area contributed by atoms with Gasteiger partial charge in [-0.3, -0.25) is 15.1 Å². The van der Waals surface area contributed by atoms with Gasteiger partial charge in [-0.15, -0.1) is 11.3 Å². The maximum absolute atomic E-state index is 11.1. The van der Waals surface area contributed by atoms with E-state index >= 15 is 0 Å². The Morgan fingerprint density at radius 1 is 0.900 bits per heavy atom.